The van der Waals surface area contributed by atoms with Crippen molar-refractivity contribution in [2.24, 2.45) is 5.73 Å². The fourth-order valence-corrected chi connectivity index (χ4v) is 4.51. The number of β-amino-alcohol motifs (C(OH)–C–C–N with tert-alkyl or cyclic N) is 2. The molecule has 216 valence electrons. The van der Waals surface area contributed by atoms with Crippen molar-refractivity contribution in [3.8, 4) is 0 Å². The molecule has 0 aromatic rings. The number of aliphatic hydroxyl groups is 3. The molecule has 0 saturated carbocycles. The number of aliphatic carboxylic acids is 1. The zero-order valence-electron chi connectivity index (χ0n) is 21.6. The SMILES string of the molecule is C[C@H](NC(=O)[C@@H](NC(=O)[C@@H]1C[C@@H](O)CN1)[C@@H](C)O)C(=O)N1C[C@H](O)C[C@H]1C(=O)N[C@@H](CCCCN)C(=O)O. The molecular weight excluding hydrogens is 504 g/mol. The van der Waals surface area contributed by atoms with Crippen LogP contribution in [-0.4, -0.2) is 123 Å². The molecule has 2 rings (SSSR count). The van der Waals surface area contributed by atoms with Crippen molar-refractivity contribution >= 4 is 29.6 Å². The van der Waals surface area contributed by atoms with Crippen LogP contribution in [0.3, 0.4) is 0 Å². The largest absolute Gasteiger partial charge is 0.480 e. The number of carboxylic acids is 1. The second-order valence-electron chi connectivity index (χ2n) is 9.89. The smallest absolute Gasteiger partial charge is 0.326 e. The number of carbonyl (C=O) groups excluding carboxylic acids is 4. The highest BCUT2D eigenvalue weighted by Gasteiger charge is 2.42. The van der Waals surface area contributed by atoms with Gasteiger partial charge in [0.15, 0.2) is 0 Å². The first-order valence-electron chi connectivity index (χ1n) is 12.8. The summed E-state index contributed by atoms with van der Waals surface area (Å²) >= 11 is 0. The van der Waals surface area contributed by atoms with Gasteiger partial charge in [0.2, 0.25) is 23.6 Å². The fourth-order valence-electron chi connectivity index (χ4n) is 4.51. The molecule has 0 unspecified atom stereocenters. The molecular formula is C23H40N6O9. The molecule has 0 radical (unpaired) electrons. The summed E-state index contributed by atoms with van der Waals surface area (Å²) in [6.07, 6.45) is -1.81. The highest BCUT2D eigenvalue weighted by molar-refractivity contribution is 5.95. The van der Waals surface area contributed by atoms with Crippen molar-refractivity contribution in [3.63, 3.8) is 0 Å². The van der Waals surface area contributed by atoms with Crippen LogP contribution in [0.15, 0.2) is 0 Å². The molecule has 0 aromatic carbocycles. The Bertz CT molecular complexity index is 872. The Balaban J connectivity index is 2.02. The minimum absolute atomic E-state index is 0.111. The van der Waals surface area contributed by atoms with E-state index in [4.69, 9.17) is 5.73 Å². The summed E-state index contributed by atoms with van der Waals surface area (Å²) in [7, 11) is 0. The standard InChI is InChI=1S/C23H40N6O9/c1-11(26-21(35)18(12(2)30)28-19(33)16-7-13(31)9-25-16)22(36)29-10-14(32)8-17(29)20(34)27-15(23(37)38)5-3-4-6-24/h11-18,25,30-32H,3-10,24H2,1-2H3,(H,26,35)(H,27,34)(H,28,33)(H,37,38)/t11-,12+,13+,14+,15-,16-,17-,18-/m0/s1. The van der Waals surface area contributed by atoms with E-state index in [1.807, 2.05) is 0 Å². The Morgan fingerprint density at radius 1 is 1.00 bits per heavy atom. The van der Waals surface area contributed by atoms with Gasteiger partial charge < -0.3 is 52.3 Å². The number of unbranched alkanes of at least 4 members (excludes halogenated alkanes) is 1. The maximum Gasteiger partial charge on any atom is 0.326 e. The van der Waals surface area contributed by atoms with Gasteiger partial charge >= 0.3 is 5.97 Å². The molecule has 2 saturated heterocycles. The third-order valence-electron chi connectivity index (χ3n) is 6.64. The molecule has 8 atom stereocenters. The summed E-state index contributed by atoms with van der Waals surface area (Å²) in [6, 6.07) is -5.68. The van der Waals surface area contributed by atoms with Crippen molar-refractivity contribution in [2.75, 3.05) is 19.6 Å². The van der Waals surface area contributed by atoms with Crippen LogP contribution in [0.1, 0.15) is 46.0 Å². The summed E-state index contributed by atoms with van der Waals surface area (Å²) in [5.74, 6) is -4.13. The number of aliphatic hydroxyl groups excluding tert-OH is 3. The van der Waals surface area contributed by atoms with Crippen molar-refractivity contribution < 1.29 is 44.4 Å². The van der Waals surface area contributed by atoms with Crippen molar-refractivity contribution in [1.82, 2.24) is 26.2 Å². The van der Waals surface area contributed by atoms with Gasteiger partial charge in [-0.05, 0) is 46.1 Å². The Hall–Kier alpha value is -2.85. The molecule has 15 nitrogen and oxygen atoms in total. The summed E-state index contributed by atoms with van der Waals surface area (Å²) < 4.78 is 0. The topological polar surface area (TPSA) is 244 Å². The monoisotopic (exact) mass is 544 g/mol. The summed E-state index contributed by atoms with van der Waals surface area (Å²) in [6.45, 7) is 3.03. The van der Waals surface area contributed by atoms with Gasteiger partial charge in [-0.2, -0.15) is 0 Å². The van der Waals surface area contributed by atoms with Gasteiger partial charge in [0.1, 0.15) is 24.2 Å². The Morgan fingerprint density at radius 2 is 1.68 bits per heavy atom. The van der Waals surface area contributed by atoms with Gasteiger partial charge in [-0.1, -0.05) is 0 Å². The molecule has 2 fully saturated rings. The van der Waals surface area contributed by atoms with Crippen LogP contribution in [0.5, 0.6) is 0 Å². The van der Waals surface area contributed by atoms with E-state index in [-0.39, 0.29) is 32.4 Å². The highest BCUT2D eigenvalue weighted by atomic mass is 16.4. The molecule has 0 spiro atoms. The number of hydrogen-bond donors (Lipinski definition) is 9. The lowest BCUT2D eigenvalue weighted by molar-refractivity contribution is -0.145. The van der Waals surface area contributed by atoms with Crippen LogP contribution in [0.4, 0.5) is 0 Å². The zero-order chi connectivity index (χ0) is 28.6. The lowest BCUT2D eigenvalue weighted by atomic mass is 10.1. The molecule has 4 amide bonds. The van der Waals surface area contributed by atoms with Crippen LogP contribution in [0, 0.1) is 0 Å². The van der Waals surface area contributed by atoms with Gasteiger partial charge in [0.25, 0.3) is 0 Å². The van der Waals surface area contributed by atoms with Gasteiger partial charge in [-0.25, -0.2) is 4.79 Å². The predicted octanol–water partition coefficient (Wildman–Crippen LogP) is -4.26. The minimum atomic E-state index is -1.40. The highest BCUT2D eigenvalue weighted by Crippen LogP contribution is 2.20. The van der Waals surface area contributed by atoms with Crippen molar-refractivity contribution in [1.29, 1.82) is 0 Å². The maximum atomic E-state index is 13.1. The molecule has 38 heavy (non-hydrogen) atoms. The predicted molar refractivity (Wildman–Crippen MR) is 132 cm³/mol. The molecule has 0 aromatic heterocycles. The number of nitrogens with one attached hydrogen (secondary N) is 4. The molecule has 2 aliphatic heterocycles. The summed E-state index contributed by atoms with van der Waals surface area (Å²) in [4.78, 5) is 63.9. The third-order valence-corrected chi connectivity index (χ3v) is 6.64. The first-order valence-corrected chi connectivity index (χ1v) is 12.8. The van der Waals surface area contributed by atoms with Crippen LogP contribution in [0.2, 0.25) is 0 Å². The average molecular weight is 545 g/mol. The number of carboxylic acid groups (broad SMARTS) is 1. The quantitative estimate of drug-likeness (QED) is 0.100. The van der Waals surface area contributed by atoms with Crippen LogP contribution in [-0.2, 0) is 24.0 Å². The molecule has 15 heteroatoms. The average Bonchev–Trinajstić information content (AvgIpc) is 3.46. The molecule has 2 aliphatic rings. The number of rotatable bonds is 13. The minimum Gasteiger partial charge on any atom is -0.480 e. The zero-order valence-corrected chi connectivity index (χ0v) is 21.6. The summed E-state index contributed by atoms with van der Waals surface area (Å²) in [5, 5.41) is 49.3. The normalized spacial score (nSPS) is 26.2. The second kappa shape index (κ2) is 14.3. The van der Waals surface area contributed by atoms with Crippen LogP contribution >= 0.6 is 0 Å². The second-order valence-corrected chi connectivity index (χ2v) is 9.89. The molecule has 0 bridgehead atoms. The van der Waals surface area contributed by atoms with E-state index in [0.29, 0.717) is 19.4 Å². The number of nitrogens with two attached hydrogens (primary N) is 1. The van der Waals surface area contributed by atoms with Crippen LogP contribution in [0.25, 0.3) is 0 Å². The number of hydrogen-bond acceptors (Lipinski definition) is 10. The molecule has 0 aliphatic carbocycles. The van der Waals surface area contributed by atoms with Gasteiger partial charge in [0, 0.05) is 19.5 Å². The van der Waals surface area contributed by atoms with Gasteiger partial charge in [-0.3, -0.25) is 19.2 Å². The molecule has 10 N–H and O–H groups in total. The molecule has 2 heterocycles. The maximum absolute atomic E-state index is 13.1. The van der Waals surface area contributed by atoms with E-state index in [0.717, 1.165) is 4.90 Å². The third kappa shape index (κ3) is 8.59. The Labute approximate surface area is 220 Å². The summed E-state index contributed by atoms with van der Waals surface area (Å²) in [5.41, 5.74) is 5.43. The number of carbonyl (C=O) groups is 5. The number of nitrogens with zero attached hydrogens (tertiary/aromatic N) is 1. The van der Waals surface area contributed by atoms with Gasteiger partial charge in [0.05, 0.1) is 24.4 Å². The van der Waals surface area contributed by atoms with E-state index in [1.54, 1.807) is 0 Å². The van der Waals surface area contributed by atoms with E-state index in [1.165, 1.54) is 13.8 Å². The van der Waals surface area contributed by atoms with E-state index in [9.17, 15) is 44.4 Å². The number of amides is 4. The lowest BCUT2D eigenvalue weighted by Crippen LogP contribution is -2.59. The van der Waals surface area contributed by atoms with Crippen molar-refractivity contribution in [2.45, 2.75) is 94.5 Å². The first kappa shape index (κ1) is 31.4. The van der Waals surface area contributed by atoms with E-state index < -0.39 is 78.1 Å². The van der Waals surface area contributed by atoms with Crippen LogP contribution < -0.4 is 27.0 Å². The Kier molecular flexibility index (Phi) is 11.8. The fraction of sp³-hybridized carbons (Fsp3) is 0.783. The van der Waals surface area contributed by atoms with E-state index >= 15 is 0 Å². The Morgan fingerprint density at radius 3 is 2.24 bits per heavy atom. The van der Waals surface area contributed by atoms with E-state index in [2.05, 4.69) is 21.3 Å². The lowest BCUT2D eigenvalue weighted by Gasteiger charge is -2.29. The van der Waals surface area contributed by atoms with Crippen molar-refractivity contribution in [3.05, 3.63) is 0 Å². The first-order chi connectivity index (χ1) is 17.8. The number of likely N-dealkylation sites (tertiary alicyclic amines) is 1. The van der Waals surface area contributed by atoms with Gasteiger partial charge in [-0.15, -0.1) is 0 Å².